The third-order valence-corrected chi connectivity index (χ3v) is 5.15. The van der Waals surface area contributed by atoms with Crippen molar-refractivity contribution < 1.29 is 80.8 Å². The monoisotopic (exact) mass is 532 g/mol. The second-order valence-electron chi connectivity index (χ2n) is 7.54. The number of rotatable bonds is 6. The van der Waals surface area contributed by atoms with Gasteiger partial charge in [-0.25, -0.2) is 0 Å². The summed E-state index contributed by atoms with van der Waals surface area (Å²) in [6.07, 6.45) is -27.7. The van der Waals surface area contributed by atoms with Crippen LogP contribution in [0.2, 0.25) is 0 Å². The number of aliphatic hydroxyl groups excluding tert-OH is 6. The van der Waals surface area contributed by atoms with Crippen LogP contribution in [0.1, 0.15) is 0 Å². The van der Waals surface area contributed by atoms with Crippen LogP contribution in [0.25, 0.3) is 0 Å². The van der Waals surface area contributed by atoms with E-state index in [-0.39, 0.29) is 0 Å². The first-order chi connectivity index (χ1) is 16.0. The average Bonchev–Trinajstić information content (AvgIpc) is 2.75. The minimum absolute atomic E-state index is 1.03. The van der Waals surface area contributed by atoms with Crippen LogP contribution < -0.4 is 10.6 Å². The average molecular weight is 532 g/mol. The molecule has 204 valence electrons. The first-order valence-electron chi connectivity index (χ1n) is 9.68. The Morgan fingerprint density at radius 3 is 1.69 bits per heavy atom. The maximum atomic E-state index is 12.7. The largest absolute Gasteiger partial charge is 0.471 e. The van der Waals surface area contributed by atoms with Gasteiger partial charge in [-0.1, -0.05) is 0 Å². The molecule has 19 heteroatoms. The fourth-order valence-corrected chi connectivity index (χ4v) is 3.38. The lowest BCUT2D eigenvalue weighted by atomic mass is 9.94. The van der Waals surface area contributed by atoms with Gasteiger partial charge in [0.25, 0.3) is 0 Å². The van der Waals surface area contributed by atoms with Crippen LogP contribution in [-0.2, 0) is 23.8 Å². The molecule has 0 radical (unpaired) electrons. The third-order valence-electron chi connectivity index (χ3n) is 5.15. The molecule has 0 saturated carbocycles. The van der Waals surface area contributed by atoms with Crippen molar-refractivity contribution >= 4 is 11.8 Å². The summed E-state index contributed by atoms with van der Waals surface area (Å²) >= 11 is 0. The van der Waals surface area contributed by atoms with Crippen molar-refractivity contribution in [1.82, 2.24) is 10.6 Å². The molecule has 0 aromatic carbocycles. The predicted molar refractivity (Wildman–Crippen MR) is 92.6 cm³/mol. The molecule has 2 saturated heterocycles. The van der Waals surface area contributed by atoms with Crippen LogP contribution in [0, 0.1) is 0 Å². The van der Waals surface area contributed by atoms with E-state index in [1.165, 1.54) is 10.6 Å². The summed E-state index contributed by atoms with van der Waals surface area (Å²) < 4.78 is 91.0. The van der Waals surface area contributed by atoms with Gasteiger partial charge in [0.15, 0.2) is 12.6 Å². The number of hydrogen-bond acceptors (Lipinski definition) is 11. The molecule has 0 aromatic rings. The van der Waals surface area contributed by atoms with Crippen molar-refractivity contribution in [3.05, 3.63) is 0 Å². The van der Waals surface area contributed by atoms with Gasteiger partial charge in [0.05, 0.1) is 13.2 Å². The lowest BCUT2D eigenvalue weighted by Gasteiger charge is -2.47. The Labute approximate surface area is 191 Å². The van der Waals surface area contributed by atoms with E-state index in [2.05, 4.69) is 0 Å². The first-order valence-corrected chi connectivity index (χ1v) is 9.68. The van der Waals surface area contributed by atoms with Crippen LogP contribution in [0.4, 0.5) is 26.3 Å². The number of carbonyl (C=O) groups is 2. The van der Waals surface area contributed by atoms with Gasteiger partial charge >= 0.3 is 24.2 Å². The van der Waals surface area contributed by atoms with Gasteiger partial charge in [0, 0.05) is 0 Å². The van der Waals surface area contributed by atoms with Crippen LogP contribution >= 0.6 is 0 Å². The van der Waals surface area contributed by atoms with Gasteiger partial charge in [0.1, 0.15) is 48.7 Å². The lowest BCUT2D eigenvalue weighted by Crippen LogP contribution is -2.70. The Balaban J connectivity index is 2.33. The van der Waals surface area contributed by atoms with E-state index < -0.39 is 98.7 Å². The molecular weight excluding hydrogens is 510 g/mol. The Morgan fingerprint density at radius 2 is 1.23 bits per heavy atom. The standard InChI is InChI=1S/C16H22F6N2O11/c17-15(18,19)13(31)23-5-9(29)10(4(2-26)33-11(5)30)35-12-6(24-14(32)16(20,21)22)8(28)7(27)3(1-25)34-12/h3-12,25-30H,1-2H2,(H,23,31)(H,24,32)/t3-,4-,5-,6-,7-,8-,9-,10-,11-,12+/m1/s1. The van der Waals surface area contributed by atoms with Crippen molar-refractivity contribution in [3.63, 3.8) is 0 Å². The quantitative estimate of drug-likeness (QED) is 0.155. The molecule has 0 aliphatic carbocycles. The Bertz CT molecular complexity index is 756. The highest BCUT2D eigenvalue weighted by molar-refractivity contribution is 5.82. The zero-order valence-electron chi connectivity index (χ0n) is 17.2. The summed E-state index contributed by atoms with van der Waals surface area (Å²) in [7, 11) is 0. The highest BCUT2D eigenvalue weighted by Gasteiger charge is 2.54. The number of halogens is 6. The van der Waals surface area contributed by atoms with E-state index >= 15 is 0 Å². The van der Waals surface area contributed by atoms with Gasteiger partial charge in [-0.05, 0) is 0 Å². The maximum Gasteiger partial charge on any atom is 0.471 e. The Kier molecular flexibility index (Phi) is 9.28. The smallest absolute Gasteiger partial charge is 0.394 e. The SMILES string of the molecule is O=C(N[C@@H]1[C@@H](O)[C@H](O[C@@H]2O[C@H](CO)[C@@H](O)[C@H](O)[C@H]2NC(=O)C(F)(F)F)[C@@H](CO)O[C@H]1O)C(F)(F)F. The van der Waals surface area contributed by atoms with Crippen molar-refractivity contribution in [1.29, 1.82) is 0 Å². The molecule has 2 aliphatic rings. The molecule has 2 heterocycles. The van der Waals surface area contributed by atoms with Crippen LogP contribution in [-0.4, -0.2) is 129 Å². The highest BCUT2D eigenvalue weighted by Crippen LogP contribution is 2.30. The van der Waals surface area contributed by atoms with Crippen LogP contribution in [0.5, 0.6) is 0 Å². The molecule has 0 spiro atoms. The van der Waals surface area contributed by atoms with Crippen molar-refractivity contribution in [2.45, 2.75) is 73.6 Å². The molecule has 0 unspecified atom stereocenters. The lowest BCUT2D eigenvalue weighted by molar-refractivity contribution is -0.328. The Hall–Kier alpha value is -1.84. The minimum atomic E-state index is -5.48. The fourth-order valence-electron chi connectivity index (χ4n) is 3.38. The van der Waals surface area contributed by atoms with Crippen molar-refractivity contribution in [2.24, 2.45) is 0 Å². The van der Waals surface area contributed by atoms with Crippen molar-refractivity contribution in [2.75, 3.05) is 13.2 Å². The van der Waals surface area contributed by atoms with Gasteiger partial charge in [-0.15, -0.1) is 0 Å². The Morgan fingerprint density at radius 1 is 0.743 bits per heavy atom. The molecule has 2 fully saturated rings. The summed E-state index contributed by atoms with van der Waals surface area (Å²) in [5.74, 6) is -5.24. The molecule has 8 N–H and O–H groups in total. The number of aliphatic hydroxyl groups is 6. The molecular formula is C16H22F6N2O11. The zero-order chi connectivity index (χ0) is 26.9. The zero-order valence-corrected chi connectivity index (χ0v) is 17.2. The summed E-state index contributed by atoms with van der Waals surface area (Å²) in [5, 5.41) is 61.6. The number of ether oxygens (including phenoxy) is 3. The molecule has 13 nitrogen and oxygen atoms in total. The molecule has 0 aromatic heterocycles. The summed E-state index contributed by atoms with van der Waals surface area (Å²) in [4.78, 5) is 22.6. The first kappa shape index (κ1) is 29.4. The highest BCUT2D eigenvalue weighted by atomic mass is 19.4. The summed E-state index contributed by atoms with van der Waals surface area (Å²) in [6, 6.07) is -4.48. The maximum absolute atomic E-state index is 12.7. The summed E-state index contributed by atoms with van der Waals surface area (Å²) in [6.45, 7) is -2.13. The van der Waals surface area contributed by atoms with E-state index in [1.54, 1.807) is 0 Å². The van der Waals surface area contributed by atoms with Gasteiger partial charge in [0.2, 0.25) is 0 Å². The number of amides is 2. The summed E-state index contributed by atoms with van der Waals surface area (Å²) in [5.41, 5.74) is 0. The molecule has 2 amide bonds. The normalized spacial score (nSPS) is 38.6. The van der Waals surface area contributed by atoms with Gasteiger partial charge < -0.3 is 55.5 Å². The number of nitrogens with one attached hydrogen (secondary N) is 2. The topological polar surface area (TPSA) is 207 Å². The molecule has 2 rings (SSSR count). The second-order valence-corrected chi connectivity index (χ2v) is 7.54. The van der Waals surface area contributed by atoms with E-state index in [1.807, 2.05) is 0 Å². The molecule has 35 heavy (non-hydrogen) atoms. The molecule has 10 atom stereocenters. The van der Waals surface area contributed by atoms with Crippen LogP contribution in [0.15, 0.2) is 0 Å². The van der Waals surface area contributed by atoms with E-state index in [4.69, 9.17) is 14.2 Å². The van der Waals surface area contributed by atoms with Crippen molar-refractivity contribution in [3.8, 4) is 0 Å². The fraction of sp³-hybridized carbons (Fsp3) is 0.875. The van der Waals surface area contributed by atoms with Crippen LogP contribution in [0.3, 0.4) is 0 Å². The number of carbonyl (C=O) groups excluding carboxylic acids is 2. The van der Waals surface area contributed by atoms with E-state index in [0.29, 0.717) is 0 Å². The van der Waals surface area contributed by atoms with Gasteiger partial charge in [-0.3, -0.25) is 9.59 Å². The molecule has 2 aliphatic heterocycles. The van der Waals surface area contributed by atoms with E-state index in [9.17, 15) is 66.6 Å². The number of hydrogen-bond donors (Lipinski definition) is 8. The second kappa shape index (κ2) is 11.0. The van der Waals surface area contributed by atoms with Gasteiger partial charge in [-0.2, -0.15) is 26.3 Å². The molecule has 0 bridgehead atoms. The minimum Gasteiger partial charge on any atom is -0.394 e. The predicted octanol–water partition coefficient (Wildman–Crippen LogP) is -4.02. The third kappa shape index (κ3) is 6.68. The number of alkyl halides is 6. The van der Waals surface area contributed by atoms with E-state index in [0.717, 1.165) is 0 Å².